The van der Waals surface area contributed by atoms with Gasteiger partial charge in [0, 0.05) is 11.3 Å². The number of carbonyl (C=O) groups is 1. The lowest BCUT2D eigenvalue weighted by Gasteiger charge is -2.12. The molecular formula is C15H20N4O2. The van der Waals surface area contributed by atoms with Crippen molar-refractivity contribution in [2.24, 2.45) is 5.84 Å². The van der Waals surface area contributed by atoms with Crippen LogP contribution in [0, 0.1) is 6.92 Å². The average molecular weight is 288 g/mol. The number of rotatable bonds is 5. The maximum Gasteiger partial charge on any atom is 0.269 e. The predicted octanol–water partition coefficient (Wildman–Crippen LogP) is 2.17. The van der Waals surface area contributed by atoms with Gasteiger partial charge in [-0.05, 0) is 44.5 Å². The van der Waals surface area contributed by atoms with Crippen LogP contribution in [0.4, 0.5) is 0 Å². The van der Waals surface area contributed by atoms with Gasteiger partial charge in [-0.25, -0.2) is 5.84 Å². The maximum atomic E-state index is 11.8. The number of hydrogen-bond donors (Lipinski definition) is 3. The first-order valence-electron chi connectivity index (χ1n) is 6.89. The Balaban J connectivity index is 2.29. The molecule has 6 heteroatoms. The van der Waals surface area contributed by atoms with Gasteiger partial charge < -0.3 is 4.74 Å². The normalized spacial score (nSPS) is 12.0. The van der Waals surface area contributed by atoms with E-state index in [4.69, 9.17) is 10.6 Å². The van der Waals surface area contributed by atoms with Crippen molar-refractivity contribution in [1.82, 2.24) is 15.6 Å². The molecule has 0 radical (unpaired) electrons. The minimum absolute atomic E-state index is 0.169. The highest BCUT2D eigenvalue weighted by atomic mass is 16.5. The van der Waals surface area contributed by atoms with E-state index in [2.05, 4.69) is 22.5 Å². The van der Waals surface area contributed by atoms with Crippen LogP contribution in [0.3, 0.4) is 0 Å². The van der Waals surface area contributed by atoms with Crippen LogP contribution in [0.25, 0.3) is 11.3 Å². The zero-order valence-electron chi connectivity index (χ0n) is 12.4. The van der Waals surface area contributed by atoms with Gasteiger partial charge >= 0.3 is 0 Å². The number of aryl methyl sites for hydroxylation is 1. The first-order chi connectivity index (χ1) is 10.1. The number of amides is 1. The summed E-state index contributed by atoms with van der Waals surface area (Å²) in [6, 6.07) is 7.49. The standard InChI is InChI=1S/C15H20N4O2/c1-4-9(2)21-12-7-5-11(6-8-12)14-13(15(20)17-16)10(3)18-19-14/h5-9H,4,16H2,1-3H3,(H,17,20)(H,18,19). The Bertz CT molecular complexity index is 619. The van der Waals surface area contributed by atoms with Crippen LogP contribution in [-0.2, 0) is 0 Å². The number of aromatic nitrogens is 2. The largest absolute Gasteiger partial charge is 0.491 e. The Morgan fingerprint density at radius 1 is 1.43 bits per heavy atom. The van der Waals surface area contributed by atoms with Crippen LogP contribution in [0.2, 0.25) is 0 Å². The van der Waals surface area contributed by atoms with E-state index in [0.717, 1.165) is 17.7 Å². The molecule has 1 heterocycles. The number of carbonyl (C=O) groups excluding carboxylic acids is 1. The van der Waals surface area contributed by atoms with Gasteiger partial charge in [-0.15, -0.1) is 0 Å². The van der Waals surface area contributed by atoms with Crippen molar-refractivity contribution in [3.63, 3.8) is 0 Å². The van der Waals surface area contributed by atoms with E-state index >= 15 is 0 Å². The molecule has 21 heavy (non-hydrogen) atoms. The highest BCUT2D eigenvalue weighted by molar-refractivity contribution is 6.00. The summed E-state index contributed by atoms with van der Waals surface area (Å²) in [5.41, 5.74) is 4.67. The van der Waals surface area contributed by atoms with Gasteiger partial charge in [0.1, 0.15) is 11.4 Å². The second-order valence-corrected chi connectivity index (χ2v) is 4.91. The Morgan fingerprint density at radius 2 is 2.10 bits per heavy atom. The van der Waals surface area contributed by atoms with Gasteiger partial charge in [-0.1, -0.05) is 6.92 Å². The molecule has 1 atom stereocenters. The summed E-state index contributed by atoms with van der Waals surface area (Å²) in [5.74, 6) is 5.64. The summed E-state index contributed by atoms with van der Waals surface area (Å²) in [5, 5.41) is 6.99. The van der Waals surface area contributed by atoms with Gasteiger partial charge in [0.2, 0.25) is 0 Å². The predicted molar refractivity (Wildman–Crippen MR) is 80.8 cm³/mol. The minimum atomic E-state index is -0.365. The van der Waals surface area contributed by atoms with Gasteiger partial charge in [0.05, 0.1) is 11.7 Å². The molecule has 1 aromatic carbocycles. The lowest BCUT2D eigenvalue weighted by atomic mass is 10.1. The molecule has 1 unspecified atom stereocenters. The molecule has 0 saturated heterocycles. The molecule has 112 valence electrons. The summed E-state index contributed by atoms with van der Waals surface area (Å²) < 4.78 is 5.73. The van der Waals surface area contributed by atoms with Crippen molar-refractivity contribution in [2.75, 3.05) is 0 Å². The summed E-state index contributed by atoms with van der Waals surface area (Å²) >= 11 is 0. The van der Waals surface area contributed by atoms with Crippen molar-refractivity contribution in [3.05, 3.63) is 35.5 Å². The van der Waals surface area contributed by atoms with Gasteiger partial charge in [0.25, 0.3) is 5.91 Å². The third-order valence-corrected chi connectivity index (χ3v) is 3.35. The number of hydrazine groups is 1. The number of nitrogens with two attached hydrogens (primary N) is 1. The Morgan fingerprint density at radius 3 is 2.67 bits per heavy atom. The van der Waals surface area contributed by atoms with Crippen molar-refractivity contribution < 1.29 is 9.53 Å². The highest BCUT2D eigenvalue weighted by Crippen LogP contribution is 2.26. The Labute approximate surface area is 123 Å². The van der Waals surface area contributed by atoms with E-state index in [0.29, 0.717) is 17.0 Å². The molecule has 2 aromatic rings. The number of hydrogen-bond acceptors (Lipinski definition) is 4. The molecular weight excluding hydrogens is 268 g/mol. The SMILES string of the molecule is CCC(C)Oc1ccc(-c2n[nH]c(C)c2C(=O)NN)cc1. The van der Waals surface area contributed by atoms with Gasteiger partial charge in [-0.3, -0.25) is 15.3 Å². The van der Waals surface area contributed by atoms with Crippen LogP contribution >= 0.6 is 0 Å². The first kappa shape index (κ1) is 15.1. The summed E-state index contributed by atoms with van der Waals surface area (Å²) in [7, 11) is 0. The molecule has 0 fully saturated rings. The topological polar surface area (TPSA) is 93.0 Å². The van der Waals surface area contributed by atoms with E-state index in [1.807, 2.05) is 31.2 Å². The summed E-state index contributed by atoms with van der Waals surface area (Å²) in [6.07, 6.45) is 1.11. The number of ether oxygens (including phenoxy) is 1. The van der Waals surface area contributed by atoms with E-state index < -0.39 is 0 Å². The molecule has 0 aliphatic rings. The van der Waals surface area contributed by atoms with Crippen LogP contribution in [0.15, 0.2) is 24.3 Å². The Kier molecular flexibility index (Phi) is 4.59. The lowest BCUT2D eigenvalue weighted by Crippen LogP contribution is -2.30. The molecule has 0 aliphatic carbocycles. The highest BCUT2D eigenvalue weighted by Gasteiger charge is 2.18. The van der Waals surface area contributed by atoms with Crippen molar-refractivity contribution in [1.29, 1.82) is 0 Å². The molecule has 2 rings (SSSR count). The van der Waals surface area contributed by atoms with Crippen molar-refractivity contribution in [3.8, 4) is 17.0 Å². The van der Waals surface area contributed by atoms with Crippen LogP contribution < -0.4 is 16.0 Å². The summed E-state index contributed by atoms with van der Waals surface area (Å²) in [6.45, 7) is 5.87. The molecule has 4 N–H and O–H groups in total. The molecule has 6 nitrogen and oxygen atoms in total. The van der Waals surface area contributed by atoms with Crippen molar-refractivity contribution in [2.45, 2.75) is 33.3 Å². The number of benzene rings is 1. The minimum Gasteiger partial charge on any atom is -0.491 e. The maximum absolute atomic E-state index is 11.8. The lowest BCUT2D eigenvalue weighted by molar-refractivity contribution is 0.0954. The third kappa shape index (κ3) is 3.22. The second kappa shape index (κ2) is 6.41. The number of nitrogens with zero attached hydrogens (tertiary/aromatic N) is 1. The molecule has 0 aliphatic heterocycles. The summed E-state index contributed by atoms with van der Waals surface area (Å²) in [4.78, 5) is 11.8. The fourth-order valence-electron chi connectivity index (χ4n) is 2.00. The molecule has 0 bridgehead atoms. The van der Waals surface area contributed by atoms with E-state index in [1.165, 1.54) is 0 Å². The van der Waals surface area contributed by atoms with E-state index in [1.54, 1.807) is 6.92 Å². The van der Waals surface area contributed by atoms with Gasteiger partial charge in [-0.2, -0.15) is 5.10 Å². The average Bonchev–Trinajstić information content (AvgIpc) is 2.89. The number of aromatic amines is 1. The van der Waals surface area contributed by atoms with E-state index in [-0.39, 0.29) is 12.0 Å². The second-order valence-electron chi connectivity index (χ2n) is 4.91. The zero-order chi connectivity index (χ0) is 15.4. The fourth-order valence-corrected chi connectivity index (χ4v) is 2.00. The van der Waals surface area contributed by atoms with Crippen LogP contribution in [-0.4, -0.2) is 22.2 Å². The first-order valence-corrected chi connectivity index (χ1v) is 6.89. The van der Waals surface area contributed by atoms with E-state index in [9.17, 15) is 4.79 Å². The molecule has 0 saturated carbocycles. The smallest absolute Gasteiger partial charge is 0.269 e. The number of nitrogens with one attached hydrogen (secondary N) is 2. The van der Waals surface area contributed by atoms with Gasteiger partial charge in [0.15, 0.2) is 0 Å². The van der Waals surface area contributed by atoms with Crippen LogP contribution in [0.1, 0.15) is 36.3 Å². The number of nitrogen functional groups attached to an aromatic ring is 1. The molecule has 1 aromatic heterocycles. The quantitative estimate of drug-likeness (QED) is 0.446. The fraction of sp³-hybridized carbons (Fsp3) is 0.333. The van der Waals surface area contributed by atoms with Crippen molar-refractivity contribution >= 4 is 5.91 Å². The monoisotopic (exact) mass is 288 g/mol. The number of H-pyrrole nitrogens is 1. The Hall–Kier alpha value is -2.34. The third-order valence-electron chi connectivity index (χ3n) is 3.35. The molecule has 0 spiro atoms. The molecule has 1 amide bonds. The van der Waals surface area contributed by atoms with Crippen LogP contribution in [0.5, 0.6) is 5.75 Å². The zero-order valence-corrected chi connectivity index (χ0v) is 12.4.